The Morgan fingerprint density at radius 3 is 2.63 bits per heavy atom. The van der Waals surface area contributed by atoms with E-state index in [1.165, 1.54) is 0 Å². The minimum atomic E-state index is -0.0647. The molecule has 1 aromatic carbocycles. The highest BCUT2D eigenvalue weighted by Gasteiger charge is 2.24. The van der Waals surface area contributed by atoms with Gasteiger partial charge in [0.15, 0.2) is 5.69 Å². The average Bonchev–Trinajstić information content (AvgIpc) is 3.01. The molecular weight excluding hydrogens is 340 g/mol. The average molecular weight is 362 g/mol. The van der Waals surface area contributed by atoms with Gasteiger partial charge in [0.2, 0.25) is 0 Å². The molecule has 3 aromatic rings. The van der Waals surface area contributed by atoms with E-state index in [2.05, 4.69) is 5.10 Å². The molecule has 0 atom stereocenters. The molecule has 0 saturated heterocycles. The van der Waals surface area contributed by atoms with Gasteiger partial charge in [0.05, 0.1) is 6.54 Å². The van der Waals surface area contributed by atoms with Gasteiger partial charge < -0.3 is 9.47 Å². The highest BCUT2D eigenvalue weighted by molar-refractivity contribution is 5.92. The van der Waals surface area contributed by atoms with E-state index in [9.17, 15) is 9.59 Å². The largest absolute Gasteiger partial charge is 0.333 e. The minimum Gasteiger partial charge on any atom is -0.333 e. The van der Waals surface area contributed by atoms with Crippen LogP contribution in [0.4, 0.5) is 0 Å². The summed E-state index contributed by atoms with van der Waals surface area (Å²) in [6, 6.07) is 13.4. The van der Waals surface area contributed by atoms with Gasteiger partial charge in [-0.1, -0.05) is 30.3 Å². The van der Waals surface area contributed by atoms with Gasteiger partial charge in [-0.3, -0.25) is 14.3 Å². The molecule has 4 rings (SSSR count). The first-order chi connectivity index (χ1) is 13.0. The van der Waals surface area contributed by atoms with Gasteiger partial charge >= 0.3 is 0 Å². The van der Waals surface area contributed by atoms with Crippen molar-refractivity contribution in [3.8, 4) is 0 Å². The summed E-state index contributed by atoms with van der Waals surface area (Å²) in [7, 11) is 1.83. The summed E-state index contributed by atoms with van der Waals surface area (Å²) in [4.78, 5) is 27.0. The molecule has 0 spiro atoms. The van der Waals surface area contributed by atoms with Gasteiger partial charge in [0.25, 0.3) is 11.5 Å². The van der Waals surface area contributed by atoms with Crippen LogP contribution in [0.15, 0.2) is 53.5 Å². The summed E-state index contributed by atoms with van der Waals surface area (Å²) in [5.74, 6) is -0.0647. The van der Waals surface area contributed by atoms with Crippen molar-refractivity contribution in [2.45, 2.75) is 26.4 Å². The van der Waals surface area contributed by atoms with Crippen LogP contribution in [-0.2, 0) is 26.6 Å². The molecule has 0 unspecified atom stereocenters. The number of amides is 1. The van der Waals surface area contributed by atoms with E-state index >= 15 is 0 Å². The molecule has 0 fully saturated rings. The SMILES string of the molecule is Cc1cc(C(=O)N2CCc3cc(=O)n(Cc4ccccc4)cc3C2)nn1C. The first kappa shape index (κ1) is 17.3. The fourth-order valence-corrected chi connectivity index (χ4v) is 3.48. The van der Waals surface area contributed by atoms with Crippen LogP contribution in [0.2, 0.25) is 0 Å². The Labute approximate surface area is 157 Å². The molecule has 0 radical (unpaired) electrons. The summed E-state index contributed by atoms with van der Waals surface area (Å²) >= 11 is 0. The maximum Gasteiger partial charge on any atom is 0.274 e. The Hall–Kier alpha value is -3.15. The Morgan fingerprint density at radius 2 is 1.93 bits per heavy atom. The number of hydrogen-bond acceptors (Lipinski definition) is 3. The smallest absolute Gasteiger partial charge is 0.274 e. The van der Waals surface area contributed by atoms with Crippen LogP contribution in [0.3, 0.4) is 0 Å². The molecule has 0 saturated carbocycles. The number of rotatable bonds is 3. The van der Waals surface area contributed by atoms with Gasteiger partial charge in [-0.2, -0.15) is 5.10 Å². The van der Waals surface area contributed by atoms with Crippen molar-refractivity contribution in [1.29, 1.82) is 0 Å². The van der Waals surface area contributed by atoms with E-state index in [0.29, 0.717) is 31.7 Å². The predicted octanol–water partition coefficient (Wildman–Crippen LogP) is 2.14. The molecule has 2 aromatic heterocycles. The van der Waals surface area contributed by atoms with E-state index in [4.69, 9.17) is 0 Å². The second-order valence-electron chi connectivity index (χ2n) is 7.05. The maximum atomic E-state index is 12.8. The third-order valence-corrected chi connectivity index (χ3v) is 5.13. The van der Waals surface area contributed by atoms with Crippen LogP contribution >= 0.6 is 0 Å². The van der Waals surface area contributed by atoms with Gasteiger partial charge in [-0.05, 0) is 36.1 Å². The lowest BCUT2D eigenvalue weighted by molar-refractivity contribution is 0.0727. The molecule has 0 aliphatic carbocycles. The summed E-state index contributed by atoms with van der Waals surface area (Å²) in [6.45, 7) is 3.56. The zero-order valence-electron chi connectivity index (χ0n) is 15.6. The van der Waals surface area contributed by atoms with E-state index in [1.54, 1.807) is 20.2 Å². The molecule has 0 N–H and O–H groups in total. The van der Waals surface area contributed by atoms with Crippen LogP contribution in [-0.4, -0.2) is 31.7 Å². The van der Waals surface area contributed by atoms with Crippen LogP contribution in [0.25, 0.3) is 0 Å². The van der Waals surface area contributed by atoms with Crippen LogP contribution in [0, 0.1) is 6.92 Å². The normalized spacial score (nSPS) is 13.5. The number of carbonyl (C=O) groups is 1. The Balaban J connectivity index is 1.59. The van der Waals surface area contributed by atoms with Gasteiger partial charge in [-0.25, -0.2) is 0 Å². The number of fused-ring (bicyclic) bond motifs is 1. The monoisotopic (exact) mass is 362 g/mol. The van der Waals surface area contributed by atoms with Crippen molar-refractivity contribution < 1.29 is 4.79 Å². The molecule has 6 heteroatoms. The molecular formula is C21H22N4O2. The zero-order valence-corrected chi connectivity index (χ0v) is 15.6. The predicted molar refractivity (Wildman–Crippen MR) is 103 cm³/mol. The van der Waals surface area contributed by atoms with E-state index in [-0.39, 0.29) is 11.5 Å². The number of aromatic nitrogens is 3. The molecule has 1 aliphatic heterocycles. The zero-order chi connectivity index (χ0) is 19.0. The Bertz CT molecular complexity index is 1030. The van der Waals surface area contributed by atoms with Crippen molar-refractivity contribution in [3.63, 3.8) is 0 Å². The third kappa shape index (κ3) is 3.43. The summed E-state index contributed by atoms with van der Waals surface area (Å²) in [5.41, 5.74) is 4.55. The molecule has 1 amide bonds. The molecule has 1 aliphatic rings. The molecule has 3 heterocycles. The number of carbonyl (C=O) groups excluding carboxylic acids is 1. The Morgan fingerprint density at radius 1 is 1.15 bits per heavy atom. The van der Waals surface area contributed by atoms with E-state index in [0.717, 1.165) is 22.4 Å². The fraction of sp³-hybridized carbons (Fsp3) is 0.286. The lowest BCUT2D eigenvalue weighted by Crippen LogP contribution is -2.37. The highest BCUT2D eigenvalue weighted by Crippen LogP contribution is 2.19. The number of aryl methyl sites for hydroxylation is 2. The summed E-state index contributed by atoms with van der Waals surface area (Å²) in [5, 5.41) is 4.30. The van der Waals surface area contributed by atoms with Crippen molar-refractivity contribution >= 4 is 5.91 Å². The molecule has 0 bridgehead atoms. The van der Waals surface area contributed by atoms with Gasteiger partial charge in [-0.15, -0.1) is 0 Å². The number of nitrogens with zero attached hydrogens (tertiary/aromatic N) is 4. The first-order valence-electron chi connectivity index (χ1n) is 9.07. The highest BCUT2D eigenvalue weighted by atomic mass is 16.2. The van der Waals surface area contributed by atoms with Crippen LogP contribution < -0.4 is 5.56 Å². The van der Waals surface area contributed by atoms with Crippen LogP contribution in [0.1, 0.15) is 32.9 Å². The van der Waals surface area contributed by atoms with Crippen LogP contribution in [0.5, 0.6) is 0 Å². The Kier molecular flexibility index (Phi) is 4.39. The van der Waals surface area contributed by atoms with E-state index in [1.807, 2.05) is 56.6 Å². The lowest BCUT2D eigenvalue weighted by atomic mass is 10.0. The molecule has 6 nitrogen and oxygen atoms in total. The van der Waals surface area contributed by atoms with Gasteiger partial charge in [0.1, 0.15) is 0 Å². The maximum absolute atomic E-state index is 12.8. The van der Waals surface area contributed by atoms with E-state index < -0.39 is 0 Å². The lowest BCUT2D eigenvalue weighted by Gasteiger charge is -2.28. The number of benzene rings is 1. The second kappa shape index (κ2) is 6.87. The minimum absolute atomic E-state index is 0.00210. The first-order valence-corrected chi connectivity index (χ1v) is 9.07. The van der Waals surface area contributed by atoms with Crippen molar-refractivity contribution in [3.05, 3.63) is 87.1 Å². The van der Waals surface area contributed by atoms with Gasteiger partial charge in [0, 0.05) is 38.1 Å². The molecule has 27 heavy (non-hydrogen) atoms. The third-order valence-electron chi connectivity index (χ3n) is 5.13. The molecule has 138 valence electrons. The van der Waals surface area contributed by atoms with Crippen molar-refractivity contribution in [2.24, 2.45) is 7.05 Å². The second-order valence-corrected chi connectivity index (χ2v) is 7.05. The van der Waals surface area contributed by atoms with Crippen molar-refractivity contribution in [2.75, 3.05) is 6.54 Å². The van der Waals surface area contributed by atoms with Crippen molar-refractivity contribution in [1.82, 2.24) is 19.2 Å². The topological polar surface area (TPSA) is 60.1 Å². The number of hydrogen-bond donors (Lipinski definition) is 0. The summed E-state index contributed by atoms with van der Waals surface area (Å²) in [6.07, 6.45) is 2.59. The number of pyridine rings is 1. The summed E-state index contributed by atoms with van der Waals surface area (Å²) < 4.78 is 3.43. The standard InChI is InChI=1S/C21H22N4O2/c1-15-10-19(22-23(15)2)21(27)24-9-8-17-11-20(26)25(14-18(17)13-24)12-16-6-4-3-5-7-16/h3-7,10-11,14H,8-9,12-13H2,1-2H3. The fourth-order valence-electron chi connectivity index (χ4n) is 3.48. The quantitative estimate of drug-likeness (QED) is 0.717.